The van der Waals surface area contributed by atoms with Crippen molar-refractivity contribution in [1.29, 1.82) is 0 Å². The second-order valence-corrected chi connectivity index (χ2v) is 3.84. The van der Waals surface area contributed by atoms with Crippen LogP contribution < -0.4 is 10.6 Å². The van der Waals surface area contributed by atoms with E-state index in [1.165, 1.54) is 0 Å². The van der Waals surface area contributed by atoms with Gasteiger partial charge >= 0.3 is 0 Å². The fourth-order valence-electron chi connectivity index (χ4n) is 1.70. The van der Waals surface area contributed by atoms with Crippen LogP contribution in [-0.4, -0.2) is 48.5 Å². The Morgan fingerprint density at radius 2 is 2.53 bits per heavy atom. The van der Waals surface area contributed by atoms with Gasteiger partial charge in [-0.2, -0.15) is 0 Å². The number of nitrogens with one attached hydrogen (secondary N) is 3. The van der Waals surface area contributed by atoms with Gasteiger partial charge < -0.3 is 20.5 Å². The molecule has 5 heteroatoms. The maximum Gasteiger partial charge on any atom is 0.243 e. The highest BCUT2D eigenvalue weighted by Crippen LogP contribution is 2.03. The van der Waals surface area contributed by atoms with Crippen molar-refractivity contribution in [3.05, 3.63) is 18.3 Å². The van der Waals surface area contributed by atoms with Crippen molar-refractivity contribution < 1.29 is 4.79 Å². The molecule has 1 aromatic rings. The molecule has 1 aromatic heterocycles. The van der Waals surface area contributed by atoms with Crippen molar-refractivity contribution in [3.8, 4) is 0 Å². The van der Waals surface area contributed by atoms with E-state index in [-0.39, 0.29) is 11.9 Å². The van der Waals surface area contributed by atoms with Crippen molar-refractivity contribution in [2.75, 3.05) is 32.0 Å². The largest absolute Gasteiger partial charge is 0.348 e. The number of hydrogen-bond donors (Lipinski definition) is 3. The van der Waals surface area contributed by atoms with E-state index in [2.05, 4.69) is 20.5 Å². The van der Waals surface area contributed by atoms with Crippen LogP contribution in [-0.2, 0) is 4.79 Å². The summed E-state index contributed by atoms with van der Waals surface area (Å²) in [5, 5.41) is 6.02. The molecule has 3 N–H and O–H groups in total. The lowest BCUT2D eigenvalue weighted by molar-refractivity contribution is -0.119. The van der Waals surface area contributed by atoms with Gasteiger partial charge in [0.05, 0.1) is 6.04 Å². The van der Waals surface area contributed by atoms with Gasteiger partial charge in [0, 0.05) is 25.8 Å². The molecule has 0 radical (unpaired) electrons. The Labute approximate surface area is 88.8 Å². The molecule has 1 unspecified atom stereocenters. The number of anilines is 1. The van der Waals surface area contributed by atoms with Gasteiger partial charge in [-0.1, -0.05) is 0 Å². The number of likely N-dealkylation sites (N-methyl/N-ethyl adjacent to an activating group) is 1. The third-order valence-electron chi connectivity index (χ3n) is 2.55. The molecule has 0 spiro atoms. The molecule has 2 heterocycles. The highest BCUT2D eigenvalue weighted by atomic mass is 16.2. The number of piperazine rings is 1. The summed E-state index contributed by atoms with van der Waals surface area (Å²) in [5.41, 5.74) is 0. The minimum atomic E-state index is -0.118. The highest BCUT2D eigenvalue weighted by Gasteiger charge is 2.23. The SMILES string of the molecule is CN1CCNC(C(=O)Nc2ccc[nH]2)C1. The van der Waals surface area contributed by atoms with Crippen molar-refractivity contribution >= 4 is 11.7 Å². The predicted octanol–water partition coefficient (Wildman–Crippen LogP) is -0.143. The van der Waals surface area contributed by atoms with Gasteiger partial charge in [-0.25, -0.2) is 0 Å². The van der Waals surface area contributed by atoms with Gasteiger partial charge in [-0.3, -0.25) is 4.79 Å². The van der Waals surface area contributed by atoms with E-state index in [0.717, 1.165) is 25.5 Å². The minimum Gasteiger partial charge on any atom is -0.348 e. The number of nitrogens with zero attached hydrogens (tertiary/aromatic N) is 1. The highest BCUT2D eigenvalue weighted by molar-refractivity contribution is 5.94. The molecule has 0 aliphatic carbocycles. The molecule has 1 fully saturated rings. The third-order valence-corrected chi connectivity index (χ3v) is 2.55. The zero-order valence-electron chi connectivity index (χ0n) is 8.79. The summed E-state index contributed by atoms with van der Waals surface area (Å²) in [4.78, 5) is 16.9. The molecule has 1 atom stereocenters. The summed E-state index contributed by atoms with van der Waals surface area (Å²) < 4.78 is 0. The van der Waals surface area contributed by atoms with Gasteiger partial charge in [0.1, 0.15) is 5.82 Å². The van der Waals surface area contributed by atoms with E-state index in [0.29, 0.717) is 0 Å². The molecule has 82 valence electrons. The summed E-state index contributed by atoms with van der Waals surface area (Å²) in [5.74, 6) is 0.763. The van der Waals surface area contributed by atoms with Gasteiger partial charge in [0.25, 0.3) is 0 Å². The van der Waals surface area contributed by atoms with Gasteiger partial charge in [-0.05, 0) is 19.2 Å². The Balaban J connectivity index is 1.90. The molecule has 1 aliphatic rings. The number of aromatic amines is 1. The number of rotatable bonds is 2. The lowest BCUT2D eigenvalue weighted by atomic mass is 10.2. The maximum atomic E-state index is 11.8. The van der Waals surface area contributed by atoms with Gasteiger partial charge in [0.2, 0.25) is 5.91 Å². The smallest absolute Gasteiger partial charge is 0.243 e. The number of hydrogen-bond acceptors (Lipinski definition) is 3. The van der Waals surface area contributed by atoms with Crippen LogP contribution >= 0.6 is 0 Å². The predicted molar refractivity (Wildman–Crippen MR) is 58.7 cm³/mol. The molecule has 1 saturated heterocycles. The summed E-state index contributed by atoms with van der Waals surface area (Å²) in [6, 6.07) is 3.58. The first kappa shape index (κ1) is 10.2. The number of carbonyl (C=O) groups is 1. The normalized spacial score (nSPS) is 22.6. The molecule has 1 amide bonds. The lowest BCUT2D eigenvalue weighted by Gasteiger charge is -2.29. The van der Waals surface area contributed by atoms with Crippen LogP contribution in [0.15, 0.2) is 18.3 Å². The molecular formula is C10H16N4O. The standard InChI is InChI=1S/C10H16N4O/c1-14-6-5-11-8(7-14)10(15)13-9-3-2-4-12-9/h2-4,8,11-12H,5-7H2,1H3,(H,13,15). The van der Waals surface area contributed by atoms with Crippen molar-refractivity contribution in [2.45, 2.75) is 6.04 Å². The zero-order valence-corrected chi connectivity index (χ0v) is 8.79. The lowest BCUT2D eigenvalue weighted by Crippen LogP contribution is -2.54. The molecular weight excluding hydrogens is 192 g/mol. The Kier molecular flexibility index (Phi) is 3.03. The summed E-state index contributed by atoms with van der Waals surface area (Å²) >= 11 is 0. The van der Waals surface area contributed by atoms with Gasteiger partial charge in [0.15, 0.2) is 0 Å². The summed E-state index contributed by atoms with van der Waals surface area (Å²) in [7, 11) is 2.02. The van der Waals surface area contributed by atoms with E-state index in [1.54, 1.807) is 6.20 Å². The molecule has 0 bridgehead atoms. The Bertz CT molecular complexity index is 322. The van der Waals surface area contributed by atoms with E-state index in [1.807, 2.05) is 19.2 Å². The van der Waals surface area contributed by atoms with Crippen LogP contribution in [0.5, 0.6) is 0 Å². The van der Waals surface area contributed by atoms with Crippen molar-refractivity contribution in [2.24, 2.45) is 0 Å². The fraction of sp³-hybridized carbons (Fsp3) is 0.500. The molecule has 0 saturated carbocycles. The first-order valence-corrected chi connectivity index (χ1v) is 5.12. The van der Waals surface area contributed by atoms with Crippen LogP contribution in [0.25, 0.3) is 0 Å². The monoisotopic (exact) mass is 208 g/mol. The van der Waals surface area contributed by atoms with Crippen molar-refractivity contribution in [1.82, 2.24) is 15.2 Å². The fourth-order valence-corrected chi connectivity index (χ4v) is 1.70. The summed E-state index contributed by atoms with van der Waals surface area (Å²) in [6.45, 7) is 2.61. The number of amides is 1. The Morgan fingerprint density at radius 1 is 1.67 bits per heavy atom. The zero-order chi connectivity index (χ0) is 10.7. The first-order chi connectivity index (χ1) is 7.25. The molecule has 5 nitrogen and oxygen atoms in total. The molecule has 2 rings (SSSR count). The summed E-state index contributed by atoms with van der Waals surface area (Å²) in [6.07, 6.45) is 1.79. The molecule has 0 aromatic carbocycles. The number of aromatic nitrogens is 1. The number of H-pyrrole nitrogens is 1. The first-order valence-electron chi connectivity index (χ1n) is 5.12. The van der Waals surface area contributed by atoms with E-state index >= 15 is 0 Å². The number of carbonyl (C=O) groups excluding carboxylic acids is 1. The van der Waals surface area contributed by atoms with E-state index in [9.17, 15) is 4.79 Å². The Morgan fingerprint density at radius 3 is 3.20 bits per heavy atom. The molecule has 1 aliphatic heterocycles. The van der Waals surface area contributed by atoms with Crippen LogP contribution in [0.1, 0.15) is 0 Å². The van der Waals surface area contributed by atoms with Crippen LogP contribution in [0.3, 0.4) is 0 Å². The van der Waals surface area contributed by atoms with Crippen molar-refractivity contribution in [3.63, 3.8) is 0 Å². The van der Waals surface area contributed by atoms with Crippen LogP contribution in [0.2, 0.25) is 0 Å². The van der Waals surface area contributed by atoms with Crippen LogP contribution in [0, 0.1) is 0 Å². The molecule has 15 heavy (non-hydrogen) atoms. The van der Waals surface area contributed by atoms with Crippen LogP contribution in [0.4, 0.5) is 5.82 Å². The van der Waals surface area contributed by atoms with Gasteiger partial charge in [-0.15, -0.1) is 0 Å². The van der Waals surface area contributed by atoms with E-state index in [4.69, 9.17) is 0 Å². The average molecular weight is 208 g/mol. The maximum absolute atomic E-state index is 11.8. The van der Waals surface area contributed by atoms with E-state index < -0.39 is 0 Å². The topological polar surface area (TPSA) is 60.2 Å². The Hall–Kier alpha value is -1.33. The minimum absolute atomic E-state index is 0.0176. The third kappa shape index (κ3) is 2.57. The quantitative estimate of drug-likeness (QED) is 0.634. The second-order valence-electron chi connectivity index (χ2n) is 3.84. The average Bonchev–Trinajstić information content (AvgIpc) is 2.70. The second kappa shape index (κ2) is 4.46.